The first-order valence-corrected chi connectivity index (χ1v) is 7.83. The number of rotatable bonds is 7. The van der Waals surface area contributed by atoms with E-state index in [0.29, 0.717) is 0 Å². The lowest BCUT2D eigenvalue weighted by atomic mass is 10.1. The first-order valence-electron chi connectivity index (χ1n) is 7.83. The number of hydrogen-bond donors (Lipinski definition) is 1. The molecule has 2 aromatic rings. The quantitative estimate of drug-likeness (QED) is 0.821. The smallest absolute Gasteiger partial charge is 0.0429 e. The molecule has 0 aromatic heterocycles. The number of nitrogens with one attached hydrogen (secondary N) is 1. The Morgan fingerprint density at radius 3 is 2.43 bits per heavy atom. The highest BCUT2D eigenvalue weighted by atomic mass is 15.1. The van der Waals surface area contributed by atoms with E-state index >= 15 is 0 Å². The van der Waals surface area contributed by atoms with Crippen molar-refractivity contribution in [2.24, 2.45) is 0 Å². The molecule has 0 amide bonds. The normalized spacial score (nSPS) is 10.6. The van der Waals surface area contributed by atoms with Gasteiger partial charge in [0, 0.05) is 25.3 Å². The SMILES string of the molecule is CCNCc1cccc(CN(CC)c2ccccc2C)c1. The molecule has 0 saturated carbocycles. The van der Waals surface area contributed by atoms with Crippen LogP contribution in [0.4, 0.5) is 5.69 Å². The Bertz CT molecular complexity index is 563. The van der Waals surface area contributed by atoms with Crippen LogP contribution in [0.1, 0.15) is 30.5 Å². The fraction of sp³-hybridized carbons (Fsp3) is 0.368. The van der Waals surface area contributed by atoms with E-state index in [1.807, 2.05) is 0 Å². The highest BCUT2D eigenvalue weighted by molar-refractivity contribution is 5.53. The van der Waals surface area contributed by atoms with Gasteiger partial charge < -0.3 is 10.2 Å². The molecule has 0 unspecified atom stereocenters. The second kappa shape index (κ2) is 7.84. The molecule has 2 rings (SSSR count). The van der Waals surface area contributed by atoms with Gasteiger partial charge >= 0.3 is 0 Å². The summed E-state index contributed by atoms with van der Waals surface area (Å²) in [4.78, 5) is 2.43. The molecule has 2 aromatic carbocycles. The van der Waals surface area contributed by atoms with Crippen LogP contribution in [0.15, 0.2) is 48.5 Å². The second-order valence-electron chi connectivity index (χ2n) is 5.40. The average Bonchev–Trinajstić information content (AvgIpc) is 2.52. The molecule has 0 aliphatic carbocycles. The van der Waals surface area contributed by atoms with Crippen LogP contribution in [0.2, 0.25) is 0 Å². The van der Waals surface area contributed by atoms with E-state index in [0.717, 1.165) is 26.2 Å². The maximum Gasteiger partial charge on any atom is 0.0429 e. The van der Waals surface area contributed by atoms with Crippen molar-refractivity contribution in [3.63, 3.8) is 0 Å². The Kier molecular flexibility index (Phi) is 5.82. The zero-order chi connectivity index (χ0) is 15.1. The van der Waals surface area contributed by atoms with Crippen molar-refractivity contribution in [2.45, 2.75) is 33.9 Å². The van der Waals surface area contributed by atoms with E-state index in [4.69, 9.17) is 0 Å². The van der Waals surface area contributed by atoms with Crippen molar-refractivity contribution in [3.8, 4) is 0 Å². The standard InChI is InChI=1S/C19H26N2/c1-4-20-14-17-10-8-11-18(13-17)15-21(5-2)19-12-7-6-9-16(19)3/h6-13,20H,4-5,14-15H2,1-3H3. The monoisotopic (exact) mass is 282 g/mol. The summed E-state index contributed by atoms with van der Waals surface area (Å²) in [5.41, 5.74) is 5.39. The fourth-order valence-electron chi connectivity index (χ4n) is 2.61. The van der Waals surface area contributed by atoms with Gasteiger partial charge in [0.2, 0.25) is 0 Å². The van der Waals surface area contributed by atoms with E-state index < -0.39 is 0 Å². The van der Waals surface area contributed by atoms with Gasteiger partial charge in [-0.05, 0) is 43.1 Å². The van der Waals surface area contributed by atoms with Crippen molar-refractivity contribution in [3.05, 3.63) is 65.2 Å². The summed E-state index contributed by atoms with van der Waals surface area (Å²) in [5.74, 6) is 0. The van der Waals surface area contributed by atoms with Crippen LogP contribution < -0.4 is 10.2 Å². The minimum absolute atomic E-state index is 0.945. The Balaban J connectivity index is 2.13. The van der Waals surface area contributed by atoms with E-state index in [-0.39, 0.29) is 0 Å². The molecule has 112 valence electrons. The summed E-state index contributed by atoms with van der Waals surface area (Å²) in [6, 6.07) is 17.5. The van der Waals surface area contributed by atoms with E-state index in [1.54, 1.807) is 0 Å². The van der Waals surface area contributed by atoms with Crippen LogP contribution in [0, 0.1) is 6.92 Å². The molecule has 0 heterocycles. The maximum absolute atomic E-state index is 3.39. The molecule has 0 atom stereocenters. The molecular weight excluding hydrogens is 256 g/mol. The third-order valence-electron chi connectivity index (χ3n) is 3.78. The first-order chi connectivity index (χ1) is 10.2. The van der Waals surface area contributed by atoms with E-state index in [1.165, 1.54) is 22.4 Å². The molecule has 0 radical (unpaired) electrons. The summed E-state index contributed by atoms with van der Waals surface area (Å²) >= 11 is 0. The van der Waals surface area contributed by atoms with Gasteiger partial charge in [0.05, 0.1) is 0 Å². The molecular formula is C19H26N2. The second-order valence-corrected chi connectivity index (χ2v) is 5.40. The van der Waals surface area contributed by atoms with Gasteiger partial charge in [0.1, 0.15) is 0 Å². The molecule has 0 fully saturated rings. The predicted octanol–water partition coefficient (Wildman–Crippen LogP) is 4.13. The number of aryl methyl sites for hydroxylation is 1. The molecule has 0 saturated heterocycles. The van der Waals surface area contributed by atoms with Crippen LogP contribution in [0.3, 0.4) is 0 Å². The molecule has 0 bridgehead atoms. The molecule has 2 nitrogen and oxygen atoms in total. The number of anilines is 1. The predicted molar refractivity (Wildman–Crippen MR) is 91.7 cm³/mol. The number of para-hydroxylation sites is 1. The number of benzene rings is 2. The van der Waals surface area contributed by atoms with Crippen LogP contribution >= 0.6 is 0 Å². The molecule has 0 aliphatic heterocycles. The van der Waals surface area contributed by atoms with E-state index in [2.05, 4.69) is 79.5 Å². The first kappa shape index (κ1) is 15.6. The Morgan fingerprint density at radius 2 is 1.71 bits per heavy atom. The van der Waals surface area contributed by atoms with Crippen molar-refractivity contribution in [1.29, 1.82) is 0 Å². The van der Waals surface area contributed by atoms with Gasteiger partial charge in [-0.2, -0.15) is 0 Å². The highest BCUT2D eigenvalue weighted by Crippen LogP contribution is 2.21. The lowest BCUT2D eigenvalue weighted by molar-refractivity contribution is 0.725. The Labute approximate surface area is 128 Å². The summed E-state index contributed by atoms with van der Waals surface area (Å²) in [6.07, 6.45) is 0. The Hall–Kier alpha value is -1.80. The lowest BCUT2D eigenvalue weighted by Gasteiger charge is -2.25. The third-order valence-corrected chi connectivity index (χ3v) is 3.78. The van der Waals surface area contributed by atoms with Gasteiger partial charge in [-0.25, -0.2) is 0 Å². The molecule has 0 aliphatic rings. The van der Waals surface area contributed by atoms with Gasteiger partial charge in [0.15, 0.2) is 0 Å². The van der Waals surface area contributed by atoms with Crippen LogP contribution in [0.5, 0.6) is 0 Å². The van der Waals surface area contributed by atoms with Crippen LogP contribution in [-0.2, 0) is 13.1 Å². The van der Waals surface area contributed by atoms with Gasteiger partial charge in [0.25, 0.3) is 0 Å². The third kappa shape index (κ3) is 4.33. The van der Waals surface area contributed by atoms with Gasteiger partial charge in [-0.15, -0.1) is 0 Å². The van der Waals surface area contributed by atoms with E-state index in [9.17, 15) is 0 Å². The lowest BCUT2D eigenvalue weighted by Crippen LogP contribution is -2.23. The topological polar surface area (TPSA) is 15.3 Å². The number of hydrogen-bond acceptors (Lipinski definition) is 2. The average molecular weight is 282 g/mol. The zero-order valence-electron chi connectivity index (χ0n) is 13.4. The van der Waals surface area contributed by atoms with Gasteiger partial charge in [-0.3, -0.25) is 0 Å². The minimum atomic E-state index is 0.945. The largest absolute Gasteiger partial charge is 0.367 e. The van der Waals surface area contributed by atoms with Crippen LogP contribution in [0.25, 0.3) is 0 Å². The maximum atomic E-state index is 3.39. The number of nitrogens with zero attached hydrogens (tertiary/aromatic N) is 1. The summed E-state index contributed by atoms with van der Waals surface area (Å²) in [7, 11) is 0. The fourth-order valence-corrected chi connectivity index (χ4v) is 2.61. The molecule has 2 heteroatoms. The summed E-state index contributed by atoms with van der Waals surface area (Å²) < 4.78 is 0. The Morgan fingerprint density at radius 1 is 0.952 bits per heavy atom. The molecule has 0 spiro atoms. The highest BCUT2D eigenvalue weighted by Gasteiger charge is 2.08. The molecule has 21 heavy (non-hydrogen) atoms. The van der Waals surface area contributed by atoms with Crippen molar-refractivity contribution >= 4 is 5.69 Å². The van der Waals surface area contributed by atoms with Crippen LogP contribution in [-0.4, -0.2) is 13.1 Å². The van der Waals surface area contributed by atoms with Crippen molar-refractivity contribution < 1.29 is 0 Å². The zero-order valence-corrected chi connectivity index (χ0v) is 13.4. The van der Waals surface area contributed by atoms with Gasteiger partial charge in [-0.1, -0.05) is 49.4 Å². The van der Waals surface area contributed by atoms with Crippen molar-refractivity contribution in [1.82, 2.24) is 5.32 Å². The summed E-state index contributed by atoms with van der Waals surface area (Å²) in [5, 5.41) is 3.39. The van der Waals surface area contributed by atoms with Crippen molar-refractivity contribution in [2.75, 3.05) is 18.0 Å². The molecule has 1 N–H and O–H groups in total. The summed E-state index contributed by atoms with van der Waals surface area (Å²) in [6.45, 7) is 10.5. The minimum Gasteiger partial charge on any atom is -0.367 e.